The maximum Gasteiger partial charge on any atom is 0.227 e. The summed E-state index contributed by atoms with van der Waals surface area (Å²) in [6, 6.07) is 15.2. The zero-order valence-corrected chi connectivity index (χ0v) is 17.6. The van der Waals surface area contributed by atoms with Gasteiger partial charge in [0, 0.05) is 49.6 Å². The minimum atomic E-state index is -0.118. The molecule has 1 aromatic heterocycles. The first kappa shape index (κ1) is 20.4. The zero-order chi connectivity index (χ0) is 20.9. The molecule has 0 radical (unpaired) electrons. The Hall–Kier alpha value is -2.90. The molecule has 1 saturated heterocycles. The molecule has 0 unspecified atom stereocenters. The van der Waals surface area contributed by atoms with Crippen LogP contribution >= 0.6 is 11.6 Å². The number of anilines is 2. The molecule has 1 amide bonds. The van der Waals surface area contributed by atoms with E-state index in [4.69, 9.17) is 16.1 Å². The van der Waals surface area contributed by atoms with E-state index in [2.05, 4.69) is 32.3 Å². The van der Waals surface area contributed by atoms with Gasteiger partial charge >= 0.3 is 0 Å². The Morgan fingerprint density at radius 1 is 1.13 bits per heavy atom. The fourth-order valence-electron chi connectivity index (χ4n) is 3.43. The molecular formula is C22H24ClN5O2. The summed E-state index contributed by atoms with van der Waals surface area (Å²) in [5, 5.41) is 7.59. The van der Waals surface area contributed by atoms with Crippen LogP contribution < -0.4 is 10.2 Å². The fourth-order valence-corrected chi connectivity index (χ4v) is 3.60. The number of benzene rings is 2. The van der Waals surface area contributed by atoms with Crippen molar-refractivity contribution in [3.05, 3.63) is 59.4 Å². The normalized spacial score (nSPS) is 14.7. The molecule has 0 atom stereocenters. The van der Waals surface area contributed by atoms with Gasteiger partial charge < -0.3 is 19.6 Å². The number of likely N-dealkylation sites (N-methyl/N-ethyl adjacent to an activating group) is 1. The van der Waals surface area contributed by atoms with Crippen LogP contribution in [0.1, 0.15) is 12.3 Å². The van der Waals surface area contributed by atoms with Crippen molar-refractivity contribution in [3.63, 3.8) is 0 Å². The molecule has 4 rings (SSSR count). The lowest BCUT2D eigenvalue weighted by molar-refractivity contribution is -0.116. The number of aromatic nitrogens is 2. The van der Waals surface area contributed by atoms with E-state index in [0.717, 1.165) is 43.1 Å². The van der Waals surface area contributed by atoms with Gasteiger partial charge in [-0.2, -0.15) is 4.98 Å². The molecule has 8 heteroatoms. The lowest BCUT2D eigenvalue weighted by atomic mass is 10.2. The minimum Gasteiger partial charge on any atom is -0.367 e. The van der Waals surface area contributed by atoms with Crippen molar-refractivity contribution < 1.29 is 9.32 Å². The summed E-state index contributed by atoms with van der Waals surface area (Å²) in [7, 11) is 2.11. The lowest BCUT2D eigenvalue weighted by Crippen LogP contribution is -2.44. The number of aryl methyl sites for hydroxylation is 1. The Bertz CT molecular complexity index is 1000. The second-order valence-electron chi connectivity index (χ2n) is 7.38. The van der Waals surface area contributed by atoms with E-state index in [1.54, 1.807) is 6.07 Å². The van der Waals surface area contributed by atoms with Crippen molar-refractivity contribution in [2.45, 2.75) is 12.8 Å². The summed E-state index contributed by atoms with van der Waals surface area (Å²) in [4.78, 5) is 21.5. The number of nitrogens with one attached hydrogen (secondary N) is 1. The smallest absolute Gasteiger partial charge is 0.227 e. The Labute approximate surface area is 180 Å². The van der Waals surface area contributed by atoms with Crippen LogP contribution in [0.2, 0.25) is 5.02 Å². The number of hydrogen-bond acceptors (Lipinski definition) is 6. The van der Waals surface area contributed by atoms with Crippen LogP contribution in [0.25, 0.3) is 11.4 Å². The molecule has 1 fully saturated rings. The lowest BCUT2D eigenvalue weighted by Gasteiger charge is -2.35. The highest BCUT2D eigenvalue weighted by atomic mass is 35.5. The Balaban J connectivity index is 1.38. The van der Waals surface area contributed by atoms with Crippen LogP contribution in [-0.2, 0) is 11.2 Å². The Morgan fingerprint density at radius 3 is 2.67 bits per heavy atom. The minimum absolute atomic E-state index is 0.118. The standard InChI is InChI=1S/C22H24ClN5O2/c1-27-11-13-28(14-12-27)19-8-7-17(23)15-18(19)24-20(29)9-10-21-25-22(26-30-21)16-5-3-2-4-6-16/h2-8,15H,9-14H2,1H3,(H,24,29). The summed E-state index contributed by atoms with van der Waals surface area (Å²) < 4.78 is 5.29. The van der Waals surface area contributed by atoms with Crippen molar-refractivity contribution in [2.24, 2.45) is 0 Å². The molecule has 3 aromatic rings. The number of nitrogens with zero attached hydrogens (tertiary/aromatic N) is 4. The maximum absolute atomic E-state index is 12.6. The molecule has 0 bridgehead atoms. The quantitative estimate of drug-likeness (QED) is 0.648. The van der Waals surface area contributed by atoms with E-state index < -0.39 is 0 Å². The molecule has 2 aromatic carbocycles. The number of hydrogen-bond donors (Lipinski definition) is 1. The third-order valence-electron chi connectivity index (χ3n) is 5.14. The average Bonchev–Trinajstić information content (AvgIpc) is 3.23. The second-order valence-corrected chi connectivity index (χ2v) is 7.81. The Kier molecular flexibility index (Phi) is 6.30. The molecule has 156 valence electrons. The molecule has 1 aliphatic rings. The second kappa shape index (κ2) is 9.28. The molecule has 1 N–H and O–H groups in total. The number of piperazine rings is 1. The van der Waals surface area contributed by atoms with Gasteiger partial charge in [0.25, 0.3) is 0 Å². The first-order chi connectivity index (χ1) is 14.6. The van der Waals surface area contributed by atoms with Gasteiger partial charge in [0.05, 0.1) is 11.4 Å². The van der Waals surface area contributed by atoms with Gasteiger partial charge in [-0.05, 0) is 25.2 Å². The predicted octanol–water partition coefficient (Wildman–Crippen LogP) is 3.71. The number of carbonyl (C=O) groups excluding carboxylic acids is 1. The van der Waals surface area contributed by atoms with Gasteiger partial charge in [-0.1, -0.05) is 47.1 Å². The summed E-state index contributed by atoms with van der Waals surface area (Å²) in [6.07, 6.45) is 0.612. The number of halogens is 1. The van der Waals surface area contributed by atoms with Crippen molar-refractivity contribution in [3.8, 4) is 11.4 Å². The molecule has 30 heavy (non-hydrogen) atoms. The van der Waals surface area contributed by atoms with Crippen LogP contribution in [-0.4, -0.2) is 54.2 Å². The monoisotopic (exact) mass is 425 g/mol. The average molecular weight is 426 g/mol. The predicted molar refractivity (Wildman–Crippen MR) is 118 cm³/mol. The van der Waals surface area contributed by atoms with Crippen LogP contribution in [0.15, 0.2) is 53.1 Å². The van der Waals surface area contributed by atoms with Gasteiger partial charge in [-0.25, -0.2) is 0 Å². The molecule has 2 heterocycles. The molecule has 1 aliphatic heterocycles. The molecule has 0 saturated carbocycles. The van der Waals surface area contributed by atoms with Gasteiger partial charge in [0.15, 0.2) is 0 Å². The summed E-state index contributed by atoms with van der Waals surface area (Å²) in [5.41, 5.74) is 2.60. The van der Waals surface area contributed by atoms with E-state index in [-0.39, 0.29) is 12.3 Å². The first-order valence-corrected chi connectivity index (χ1v) is 10.4. The molecular weight excluding hydrogens is 402 g/mol. The fraction of sp³-hybridized carbons (Fsp3) is 0.318. The maximum atomic E-state index is 12.6. The van der Waals surface area contributed by atoms with Crippen molar-refractivity contribution in [1.29, 1.82) is 0 Å². The van der Waals surface area contributed by atoms with E-state index in [0.29, 0.717) is 23.2 Å². The van der Waals surface area contributed by atoms with Crippen LogP contribution in [0.3, 0.4) is 0 Å². The van der Waals surface area contributed by atoms with E-state index in [1.807, 2.05) is 42.5 Å². The van der Waals surface area contributed by atoms with E-state index in [1.165, 1.54) is 0 Å². The van der Waals surface area contributed by atoms with Gasteiger partial charge in [-0.15, -0.1) is 0 Å². The Morgan fingerprint density at radius 2 is 1.90 bits per heavy atom. The summed E-state index contributed by atoms with van der Waals surface area (Å²) >= 11 is 6.18. The largest absolute Gasteiger partial charge is 0.367 e. The van der Waals surface area contributed by atoms with Crippen molar-refractivity contribution in [1.82, 2.24) is 15.0 Å². The van der Waals surface area contributed by atoms with Gasteiger partial charge in [0.1, 0.15) is 0 Å². The summed E-state index contributed by atoms with van der Waals surface area (Å²) in [5.74, 6) is 0.847. The summed E-state index contributed by atoms with van der Waals surface area (Å²) in [6.45, 7) is 3.78. The zero-order valence-electron chi connectivity index (χ0n) is 16.8. The topological polar surface area (TPSA) is 74.5 Å². The van der Waals surface area contributed by atoms with Crippen molar-refractivity contribution >= 4 is 28.9 Å². The van der Waals surface area contributed by atoms with Crippen molar-refractivity contribution in [2.75, 3.05) is 43.4 Å². The van der Waals surface area contributed by atoms with Gasteiger partial charge in [0.2, 0.25) is 17.6 Å². The number of carbonyl (C=O) groups is 1. The third kappa shape index (κ3) is 4.98. The van der Waals surface area contributed by atoms with Crippen LogP contribution in [0.4, 0.5) is 11.4 Å². The first-order valence-electron chi connectivity index (χ1n) is 9.99. The van der Waals surface area contributed by atoms with Gasteiger partial charge in [-0.3, -0.25) is 4.79 Å². The highest BCUT2D eigenvalue weighted by Gasteiger charge is 2.19. The molecule has 7 nitrogen and oxygen atoms in total. The van der Waals surface area contributed by atoms with Crippen LogP contribution in [0, 0.1) is 0 Å². The molecule has 0 spiro atoms. The van der Waals surface area contributed by atoms with Crippen LogP contribution in [0.5, 0.6) is 0 Å². The third-order valence-corrected chi connectivity index (χ3v) is 5.38. The SMILES string of the molecule is CN1CCN(c2ccc(Cl)cc2NC(=O)CCc2nc(-c3ccccc3)no2)CC1. The highest BCUT2D eigenvalue weighted by molar-refractivity contribution is 6.31. The van der Waals surface area contributed by atoms with E-state index >= 15 is 0 Å². The number of amides is 1. The molecule has 0 aliphatic carbocycles. The highest BCUT2D eigenvalue weighted by Crippen LogP contribution is 2.30. The number of rotatable bonds is 6. The van der Waals surface area contributed by atoms with E-state index in [9.17, 15) is 4.79 Å².